The number of carbonyl (C=O) groups is 1. The van der Waals surface area contributed by atoms with E-state index in [1.807, 2.05) is 24.0 Å². The summed E-state index contributed by atoms with van der Waals surface area (Å²) in [7, 11) is 0. The fourth-order valence-electron chi connectivity index (χ4n) is 3.63. The van der Waals surface area contributed by atoms with E-state index < -0.39 is 0 Å². The van der Waals surface area contributed by atoms with Crippen molar-refractivity contribution in [3.8, 4) is 0 Å². The smallest absolute Gasteiger partial charge is 0.263 e. The van der Waals surface area contributed by atoms with Crippen LogP contribution in [0.5, 0.6) is 0 Å². The molecule has 122 valence electrons. The van der Waals surface area contributed by atoms with Crippen LogP contribution in [0.1, 0.15) is 39.2 Å². The van der Waals surface area contributed by atoms with Crippen LogP contribution in [0.15, 0.2) is 16.5 Å². The maximum atomic E-state index is 12.8. The first kappa shape index (κ1) is 14.8. The Morgan fingerprint density at radius 2 is 2.26 bits per heavy atom. The van der Waals surface area contributed by atoms with E-state index in [0.29, 0.717) is 31.5 Å². The zero-order valence-electron chi connectivity index (χ0n) is 13.2. The third-order valence-electron chi connectivity index (χ3n) is 4.81. The number of hydrogen-bond donors (Lipinski definition) is 0. The molecule has 0 spiro atoms. The summed E-state index contributed by atoms with van der Waals surface area (Å²) in [5.41, 5.74) is -0.360. The van der Waals surface area contributed by atoms with Crippen molar-refractivity contribution in [1.82, 2.24) is 15.1 Å². The summed E-state index contributed by atoms with van der Waals surface area (Å²) in [5.74, 6) is 1.25. The predicted octanol–water partition coefficient (Wildman–Crippen LogP) is 2.32. The Morgan fingerprint density at radius 3 is 2.96 bits per heavy atom. The standard InChI is InChI=1S/C16H19N3O3S/c1-10-3-4-12(23-10)14(20)19-7-5-13-16(9-19,6-8-21-13)15-18-17-11(2)22-15/h3-4,13H,5-9H2,1-2H3/t13-,16-/m1/s1. The Morgan fingerprint density at radius 1 is 1.39 bits per heavy atom. The second-order valence-electron chi connectivity index (χ2n) is 6.32. The minimum Gasteiger partial charge on any atom is -0.425 e. The van der Waals surface area contributed by atoms with E-state index in [9.17, 15) is 4.79 Å². The second kappa shape index (κ2) is 5.42. The van der Waals surface area contributed by atoms with E-state index in [2.05, 4.69) is 10.2 Å². The zero-order valence-corrected chi connectivity index (χ0v) is 14.1. The van der Waals surface area contributed by atoms with Gasteiger partial charge in [0.1, 0.15) is 0 Å². The van der Waals surface area contributed by atoms with Crippen LogP contribution in [0.2, 0.25) is 0 Å². The fourth-order valence-corrected chi connectivity index (χ4v) is 4.46. The fraction of sp³-hybridized carbons (Fsp3) is 0.562. The number of aromatic nitrogens is 2. The minimum atomic E-state index is -0.360. The monoisotopic (exact) mass is 333 g/mol. The number of fused-ring (bicyclic) bond motifs is 1. The molecule has 4 heterocycles. The van der Waals surface area contributed by atoms with Crippen molar-refractivity contribution in [3.05, 3.63) is 33.7 Å². The van der Waals surface area contributed by atoms with E-state index in [0.717, 1.165) is 22.6 Å². The van der Waals surface area contributed by atoms with Gasteiger partial charge in [0.05, 0.1) is 16.4 Å². The molecule has 2 aliphatic heterocycles. The number of rotatable bonds is 2. The van der Waals surface area contributed by atoms with Crippen LogP contribution in [0.3, 0.4) is 0 Å². The van der Waals surface area contributed by atoms with E-state index >= 15 is 0 Å². The quantitative estimate of drug-likeness (QED) is 0.844. The largest absolute Gasteiger partial charge is 0.425 e. The van der Waals surface area contributed by atoms with Gasteiger partial charge in [0, 0.05) is 31.5 Å². The number of likely N-dealkylation sites (tertiary alicyclic amines) is 1. The molecule has 0 saturated carbocycles. The minimum absolute atomic E-state index is 0.0523. The summed E-state index contributed by atoms with van der Waals surface area (Å²) in [5, 5.41) is 8.22. The van der Waals surface area contributed by atoms with Crippen LogP contribution in [0.4, 0.5) is 0 Å². The molecular formula is C16H19N3O3S. The molecule has 23 heavy (non-hydrogen) atoms. The van der Waals surface area contributed by atoms with Crippen LogP contribution in [-0.2, 0) is 10.2 Å². The van der Waals surface area contributed by atoms with E-state index in [-0.39, 0.29) is 17.4 Å². The molecule has 2 atom stereocenters. The molecule has 0 radical (unpaired) electrons. The Kier molecular flexibility index (Phi) is 3.50. The summed E-state index contributed by atoms with van der Waals surface area (Å²) in [6.45, 7) is 5.76. The first-order valence-corrected chi connectivity index (χ1v) is 8.68. The van der Waals surface area contributed by atoms with Gasteiger partial charge in [0.2, 0.25) is 11.8 Å². The van der Waals surface area contributed by atoms with Gasteiger partial charge >= 0.3 is 0 Å². The molecule has 0 bridgehead atoms. The molecule has 0 N–H and O–H groups in total. The van der Waals surface area contributed by atoms with Crippen molar-refractivity contribution in [2.75, 3.05) is 19.7 Å². The van der Waals surface area contributed by atoms with Crippen LogP contribution >= 0.6 is 11.3 Å². The first-order valence-electron chi connectivity index (χ1n) is 7.86. The van der Waals surface area contributed by atoms with Crippen molar-refractivity contribution in [3.63, 3.8) is 0 Å². The number of carbonyl (C=O) groups excluding carboxylic acids is 1. The van der Waals surface area contributed by atoms with Crippen LogP contribution in [0.25, 0.3) is 0 Å². The highest BCUT2D eigenvalue weighted by molar-refractivity contribution is 7.13. The van der Waals surface area contributed by atoms with Gasteiger partial charge in [-0.05, 0) is 31.9 Å². The second-order valence-corrected chi connectivity index (χ2v) is 7.61. The third kappa shape index (κ3) is 2.38. The number of hydrogen-bond acceptors (Lipinski definition) is 6. The summed E-state index contributed by atoms with van der Waals surface area (Å²) in [4.78, 5) is 16.7. The number of ether oxygens (including phenoxy) is 1. The molecule has 0 aliphatic carbocycles. The topological polar surface area (TPSA) is 68.5 Å². The first-order chi connectivity index (χ1) is 11.1. The Balaban J connectivity index is 1.64. The molecule has 2 fully saturated rings. The van der Waals surface area contributed by atoms with Gasteiger partial charge in [-0.15, -0.1) is 21.5 Å². The Bertz CT molecular complexity index is 741. The molecule has 2 aromatic heterocycles. The Labute approximate surface area is 138 Å². The average molecular weight is 333 g/mol. The summed E-state index contributed by atoms with van der Waals surface area (Å²) in [6, 6.07) is 3.89. The highest BCUT2D eigenvalue weighted by atomic mass is 32.1. The normalized spacial score (nSPS) is 27.2. The molecule has 2 aromatic rings. The van der Waals surface area contributed by atoms with Gasteiger partial charge in [0.25, 0.3) is 5.91 Å². The van der Waals surface area contributed by atoms with Gasteiger partial charge in [-0.3, -0.25) is 4.79 Å². The number of thiophene rings is 1. The third-order valence-corrected chi connectivity index (χ3v) is 5.80. The number of amides is 1. The molecule has 4 rings (SSSR count). The highest BCUT2D eigenvalue weighted by Gasteiger charge is 2.53. The molecule has 1 amide bonds. The van der Waals surface area contributed by atoms with Gasteiger partial charge in [0.15, 0.2) is 0 Å². The lowest BCUT2D eigenvalue weighted by molar-refractivity contribution is 0.00987. The Hall–Kier alpha value is -1.73. The maximum absolute atomic E-state index is 12.8. The highest BCUT2D eigenvalue weighted by Crippen LogP contribution is 2.43. The molecule has 2 saturated heterocycles. The zero-order chi connectivity index (χ0) is 16.0. The van der Waals surface area contributed by atoms with Crippen molar-refractivity contribution in [1.29, 1.82) is 0 Å². The van der Waals surface area contributed by atoms with Crippen molar-refractivity contribution >= 4 is 17.2 Å². The molecule has 0 aromatic carbocycles. The van der Waals surface area contributed by atoms with Crippen LogP contribution < -0.4 is 0 Å². The number of piperidine rings is 1. The summed E-state index contributed by atoms with van der Waals surface area (Å²) in [6.07, 6.45) is 1.67. The SMILES string of the molecule is Cc1nnc([C@@]23CCO[C@@H]2CCN(C(=O)c2ccc(C)s2)C3)o1. The molecule has 0 unspecified atom stereocenters. The predicted molar refractivity (Wildman–Crippen MR) is 84.6 cm³/mol. The van der Waals surface area contributed by atoms with Crippen molar-refractivity contribution in [2.45, 2.75) is 38.2 Å². The lowest BCUT2D eigenvalue weighted by Crippen LogP contribution is -2.54. The molecule has 6 nitrogen and oxygen atoms in total. The van der Waals surface area contributed by atoms with Crippen molar-refractivity contribution < 1.29 is 13.9 Å². The van der Waals surface area contributed by atoms with E-state index in [1.54, 1.807) is 6.92 Å². The lowest BCUT2D eigenvalue weighted by Gasteiger charge is -2.41. The maximum Gasteiger partial charge on any atom is 0.263 e. The van der Waals surface area contributed by atoms with Crippen LogP contribution in [-0.4, -0.2) is 46.8 Å². The van der Waals surface area contributed by atoms with Gasteiger partial charge in [-0.1, -0.05) is 0 Å². The lowest BCUT2D eigenvalue weighted by atomic mass is 9.76. The van der Waals surface area contributed by atoms with Gasteiger partial charge < -0.3 is 14.1 Å². The van der Waals surface area contributed by atoms with Gasteiger partial charge in [-0.25, -0.2) is 0 Å². The van der Waals surface area contributed by atoms with Crippen LogP contribution in [0, 0.1) is 13.8 Å². The molecular weight excluding hydrogens is 314 g/mol. The van der Waals surface area contributed by atoms with E-state index in [4.69, 9.17) is 9.15 Å². The summed E-state index contributed by atoms with van der Waals surface area (Å²) >= 11 is 1.54. The molecule has 7 heteroatoms. The van der Waals surface area contributed by atoms with E-state index in [1.165, 1.54) is 11.3 Å². The average Bonchev–Trinajstić information content (AvgIpc) is 3.25. The number of aryl methyl sites for hydroxylation is 2. The summed E-state index contributed by atoms with van der Waals surface area (Å²) < 4.78 is 11.6. The van der Waals surface area contributed by atoms with Crippen molar-refractivity contribution in [2.24, 2.45) is 0 Å². The van der Waals surface area contributed by atoms with Gasteiger partial charge in [-0.2, -0.15) is 0 Å². The number of nitrogens with zero attached hydrogens (tertiary/aromatic N) is 3. The molecule has 2 aliphatic rings.